The van der Waals surface area contributed by atoms with E-state index in [1.807, 2.05) is 0 Å². The van der Waals surface area contributed by atoms with Crippen LogP contribution in [0, 0.1) is 5.41 Å². The minimum atomic E-state index is -4.37. The smallest absolute Gasteiger partial charge is 0.422 e. The van der Waals surface area contributed by atoms with E-state index in [-0.39, 0.29) is 11.3 Å². The highest BCUT2D eigenvalue weighted by Crippen LogP contribution is 2.43. The summed E-state index contributed by atoms with van der Waals surface area (Å²) >= 11 is 0. The van der Waals surface area contributed by atoms with E-state index >= 15 is 0 Å². The fourth-order valence-corrected chi connectivity index (χ4v) is 2.94. The molecule has 27 heavy (non-hydrogen) atoms. The van der Waals surface area contributed by atoms with E-state index in [0.29, 0.717) is 12.5 Å². The Kier molecular flexibility index (Phi) is 7.70. The van der Waals surface area contributed by atoms with Crippen molar-refractivity contribution in [1.82, 2.24) is 15.6 Å². The maximum Gasteiger partial charge on any atom is 0.422 e. The highest BCUT2D eigenvalue weighted by Gasteiger charge is 2.36. The number of alkyl halides is 3. The fourth-order valence-electron chi connectivity index (χ4n) is 2.94. The molecule has 0 aliphatic heterocycles. The lowest BCUT2D eigenvalue weighted by molar-refractivity contribution is -0.154. The van der Waals surface area contributed by atoms with Crippen molar-refractivity contribution >= 4 is 5.96 Å². The normalized spacial score (nSPS) is 16.6. The van der Waals surface area contributed by atoms with Crippen molar-refractivity contribution in [3.05, 3.63) is 23.9 Å². The molecule has 0 aromatic carbocycles. The Bertz CT molecular complexity index is 602. The first-order valence-electron chi connectivity index (χ1n) is 8.94. The Morgan fingerprint density at radius 3 is 2.59 bits per heavy atom. The summed E-state index contributed by atoms with van der Waals surface area (Å²) in [5, 5.41) is 6.54. The maximum absolute atomic E-state index is 12.1. The number of aliphatic imine (C=N–C) groups is 1. The van der Waals surface area contributed by atoms with Crippen molar-refractivity contribution < 1.29 is 22.6 Å². The summed E-state index contributed by atoms with van der Waals surface area (Å²) in [7, 11) is 3.41. The first-order chi connectivity index (χ1) is 12.9. The van der Waals surface area contributed by atoms with Gasteiger partial charge in [0, 0.05) is 46.1 Å². The van der Waals surface area contributed by atoms with Crippen molar-refractivity contribution in [3.8, 4) is 5.88 Å². The molecule has 0 unspecified atom stereocenters. The van der Waals surface area contributed by atoms with Gasteiger partial charge in [-0.3, -0.25) is 4.99 Å². The van der Waals surface area contributed by atoms with Crippen LogP contribution in [0.15, 0.2) is 23.3 Å². The van der Waals surface area contributed by atoms with Crippen LogP contribution in [-0.2, 0) is 11.3 Å². The first kappa shape index (κ1) is 21.3. The van der Waals surface area contributed by atoms with Crippen LogP contribution in [0.25, 0.3) is 0 Å². The molecule has 1 aliphatic carbocycles. The summed E-state index contributed by atoms with van der Waals surface area (Å²) in [6, 6.07) is 3.10. The second kappa shape index (κ2) is 9.77. The molecule has 0 spiro atoms. The van der Waals surface area contributed by atoms with Gasteiger partial charge in [-0.25, -0.2) is 4.98 Å². The van der Waals surface area contributed by atoms with E-state index in [2.05, 4.69) is 25.3 Å². The lowest BCUT2D eigenvalue weighted by atomic mass is 9.67. The van der Waals surface area contributed by atoms with Crippen LogP contribution in [-0.4, -0.2) is 51.0 Å². The SMILES string of the molecule is CN=C(NCc1ccc(OCC(F)(F)F)nc1)NCC1(CCOC)CCC1. The molecular formula is C18H27F3N4O2. The molecule has 2 rings (SSSR count). The summed E-state index contributed by atoms with van der Waals surface area (Å²) in [6.07, 6.45) is 1.75. The average molecular weight is 388 g/mol. The van der Waals surface area contributed by atoms with Crippen molar-refractivity contribution in [3.63, 3.8) is 0 Å². The second-order valence-electron chi connectivity index (χ2n) is 6.78. The van der Waals surface area contributed by atoms with E-state index in [1.54, 1.807) is 20.2 Å². The Morgan fingerprint density at radius 2 is 2.07 bits per heavy atom. The average Bonchev–Trinajstić information content (AvgIpc) is 2.61. The second-order valence-corrected chi connectivity index (χ2v) is 6.78. The third kappa shape index (κ3) is 7.24. The minimum Gasteiger partial charge on any atom is -0.468 e. The summed E-state index contributed by atoms with van der Waals surface area (Å²) in [5.74, 6) is 0.625. The molecule has 6 nitrogen and oxygen atoms in total. The molecule has 1 aromatic heterocycles. The van der Waals surface area contributed by atoms with Crippen molar-refractivity contribution in [2.45, 2.75) is 38.4 Å². The van der Waals surface area contributed by atoms with Crippen LogP contribution >= 0.6 is 0 Å². The molecule has 1 heterocycles. The van der Waals surface area contributed by atoms with Gasteiger partial charge in [0.05, 0.1) is 0 Å². The number of rotatable bonds is 9. The molecule has 1 saturated carbocycles. The predicted molar refractivity (Wildman–Crippen MR) is 96.8 cm³/mol. The van der Waals surface area contributed by atoms with Crippen LogP contribution in [0.5, 0.6) is 5.88 Å². The number of aromatic nitrogens is 1. The van der Waals surface area contributed by atoms with Gasteiger partial charge < -0.3 is 20.1 Å². The Balaban J connectivity index is 1.77. The van der Waals surface area contributed by atoms with E-state index in [0.717, 1.165) is 25.1 Å². The van der Waals surface area contributed by atoms with Crippen LogP contribution in [0.2, 0.25) is 0 Å². The number of methoxy groups -OCH3 is 1. The van der Waals surface area contributed by atoms with Gasteiger partial charge >= 0.3 is 6.18 Å². The minimum absolute atomic E-state index is 0.0522. The summed E-state index contributed by atoms with van der Waals surface area (Å²) in [6.45, 7) is 0.691. The summed E-state index contributed by atoms with van der Waals surface area (Å²) in [4.78, 5) is 8.10. The van der Waals surface area contributed by atoms with Gasteiger partial charge in [-0.1, -0.05) is 12.5 Å². The lowest BCUT2D eigenvalue weighted by Crippen LogP contribution is -2.46. The molecule has 0 amide bonds. The van der Waals surface area contributed by atoms with Gasteiger partial charge in [-0.05, 0) is 30.2 Å². The topological polar surface area (TPSA) is 67.8 Å². The zero-order chi connectivity index (χ0) is 19.8. The summed E-state index contributed by atoms with van der Waals surface area (Å²) in [5.41, 5.74) is 1.09. The number of nitrogens with zero attached hydrogens (tertiary/aromatic N) is 2. The molecule has 2 N–H and O–H groups in total. The molecule has 152 valence electrons. The van der Waals surface area contributed by atoms with Gasteiger partial charge in [-0.2, -0.15) is 13.2 Å². The Morgan fingerprint density at radius 1 is 1.30 bits per heavy atom. The number of pyridine rings is 1. The van der Waals surface area contributed by atoms with Crippen LogP contribution in [0.4, 0.5) is 13.2 Å². The van der Waals surface area contributed by atoms with E-state index in [1.165, 1.54) is 31.5 Å². The fraction of sp³-hybridized carbons (Fsp3) is 0.667. The molecule has 1 aliphatic rings. The number of ether oxygens (including phenoxy) is 2. The highest BCUT2D eigenvalue weighted by atomic mass is 19.4. The van der Waals surface area contributed by atoms with Crippen molar-refractivity contribution in [2.75, 3.05) is 33.9 Å². The highest BCUT2D eigenvalue weighted by molar-refractivity contribution is 5.79. The zero-order valence-electron chi connectivity index (χ0n) is 15.7. The third-order valence-electron chi connectivity index (χ3n) is 4.75. The number of hydrogen-bond acceptors (Lipinski definition) is 4. The maximum atomic E-state index is 12.1. The molecular weight excluding hydrogens is 361 g/mol. The molecule has 0 saturated heterocycles. The van der Waals surface area contributed by atoms with Gasteiger partial charge in [0.15, 0.2) is 12.6 Å². The van der Waals surface area contributed by atoms with E-state index in [9.17, 15) is 13.2 Å². The van der Waals surface area contributed by atoms with Gasteiger partial charge in [0.1, 0.15) is 0 Å². The molecule has 0 atom stereocenters. The number of hydrogen-bond donors (Lipinski definition) is 2. The van der Waals surface area contributed by atoms with Crippen LogP contribution in [0.3, 0.4) is 0 Å². The molecule has 1 aromatic rings. The van der Waals surface area contributed by atoms with E-state index < -0.39 is 12.8 Å². The standard InChI is InChI=1S/C18H27F3N4O2/c1-22-16(25-12-17(6-3-7-17)8-9-26-2)24-11-14-4-5-15(23-10-14)27-13-18(19,20)21/h4-5,10H,3,6-9,11-13H2,1-2H3,(H2,22,24,25). The molecule has 9 heteroatoms. The molecule has 0 bridgehead atoms. The van der Waals surface area contributed by atoms with Crippen LogP contribution < -0.4 is 15.4 Å². The Labute approximate surface area is 157 Å². The summed E-state index contributed by atoms with van der Waals surface area (Å²) < 4.78 is 46.2. The van der Waals surface area contributed by atoms with E-state index in [4.69, 9.17) is 4.74 Å². The van der Waals surface area contributed by atoms with Gasteiger partial charge in [0.2, 0.25) is 5.88 Å². The first-order valence-corrected chi connectivity index (χ1v) is 8.94. The number of guanidine groups is 1. The largest absolute Gasteiger partial charge is 0.468 e. The predicted octanol–water partition coefficient (Wildman–Crippen LogP) is 2.89. The van der Waals surface area contributed by atoms with Gasteiger partial charge in [-0.15, -0.1) is 0 Å². The quantitative estimate of drug-likeness (QED) is 0.503. The lowest BCUT2D eigenvalue weighted by Gasteiger charge is -2.42. The van der Waals surface area contributed by atoms with Gasteiger partial charge in [0.25, 0.3) is 0 Å². The zero-order valence-corrected chi connectivity index (χ0v) is 15.7. The molecule has 0 radical (unpaired) electrons. The third-order valence-corrected chi connectivity index (χ3v) is 4.75. The number of nitrogens with one attached hydrogen (secondary N) is 2. The number of halogens is 3. The Hall–Kier alpha value is -2.03. The molecule has 1 fully saturated rings. The van der Waals surface area contributed by atoms with Crippen molar-refractivity contribution in [2.24, 2.45) is 10.4 Å². The van der Waals surface area contributed by atoms with Crippen molar-refractivity contribution in [1.29, 1.82) is 0 Å². The van der Waals surface area contributed by atoms with Crippen LogP contribution in [0.1, 0.15) is 31.2 Å². The monoisotopic (exact) mass is 388 g/mol.